The molecule has 1 aromatic carbocycles. The normalized spacial score (nSPS) is 25.3. The molecule has 0 radical (unpaired) electrons. The lowest BCUT2D eigenvalue weighted by Gasteiger charge is -2.38. The minimum atomic E-state index is -0.439. The van der Waals surface area contributed by atoms with Gasteiger partial charge in [0.15, 0.2) is 6.10 Å². The number of carbonyl (C=O) groups is 1. The molecule has 1 N–H and O–H groups in total. The second kappa shape index (κ2) is 3.65. The van der Waals surface area contributed by atoms with Crippen molar-refractivity contribution in [2.45, 2.75) is 17.8 Å². The number of thiol groups is 1. The van der Waals surface area contributed by atoms with Crippen LogP contribution in [0.5, 0.6) is 5.75 Å². The van der Waals surface area contributed by atoms with Crippen LogP contribution in [0.15, 0.2) is 18.2 Å². The zero-order valence-electron chi connectivity index (χ0n) is 9.40. The Balaban J connectivity index is 1.96. The van der Waals surface area contributed by atoms with Crippen molar-refractivity contribution in [3.05, 3.63) is 23.8 Å². The molecule has 3 rings (SSSR count). The third-order valence-electron chi connectivity index (χ3n) is 3.13. The predicted molar refractivity (Wildman–Crippen MR) is 66.6 cm³/mol. The van der Waals surface area contributed by atoms with Gasteiger partial charge in [0.2, 0.25) is 0 Å². The summed E-state index contributed by atoms with van der Waals surface area (Å²) in [5, 5.41) is 2.83. The number of ether oxygens (including phenoxy) is 2. The Morgan fingerprint density at radius 2 is 2.24 bits per heavy atom. The van der Waals surface area contributed by atoms with E-state index in [1.54, 1.807) is 6.92 Å². The second-order valence-electron chi connectivity index (χ2n) is 4.48. The molecule has 0 spiro atoms. The molecule has 17 heavy (non-hydrogen) atoms. The predicted octanol–water partition coefficient (Wildman–Crippen LogP) is 1.56. The second-order valence-corrected chi connectivity index (χ2v) is 5.34. The van der Waals surface area contributed by atoms with Crippen molar-refractivity contribution in [3.63, 3.8) is 0 Å². The van der Waals surface area contributed by atoms with Crippen LogP contribution in [-0.2, 0) is 14.3 Å². The zero-order valence-corrected chi connectivity index (χ0v) is 10.3. The van der Waals surface area contributed by atoms with Crippen molar-refractivity contribution in [1.29, 1.82) is 0 Å². The Bertz CT molecular complexity index is 485. The molecule has 1 unspecified atom stereocenters. The van der Waals surface area contributed by atoms with Gasteiger partial charge in [0.1, 0.15) is 5.75 Å². The first-order valence-corrected chi connectivity index (χ1v) is 5.95. The quantitative estimate of drug-likeness (QED) is 0.745. The number of hydrogen-bond donors (Lipinski definition) is 2. The highest BCUT2D eigenvalue weighted by Crippen LogP contribution is 2.40. The first kappa shape index (κ1) is 10.9. The summed E-state index contributed by atoms with van der Waals surface area (Å²) < 4.78 is 10.4. The fourth-order valence-corrected chi connectivity index (χ4v) is 2.28. The minimum absolute atomic E-state index is 0.118. The van der Waals surface area contributed by atoms with Crippen molar-refractivity contribution >= 4 is 24.2 Å². The van der Waals surface area contributed by atoms with Crippen LogP contribution in [0, 0.1) is 0 Å². The SMILES string of the molecule is CC1Oc2ccc(C3(S)COC3)cc2NC1=O. The standard InChI is InChI=1S/C12H13NO3S/c1-7-11(14)13-9-4-8(2-3-10(9)16-7)12(17)5-15-6-12/h2-4,7,17H,5-6H2,1H3,(H,13,14). The molecular weight excluding hydrogens is 238 g/mol. The van der Waals surface area contributed by atoms with Crippen LogP contribution in [-0.4, -0.2) is 25.2 Å². The van der Waals surface area contributed by atoms with Gasteiger partial charge in [-0.2, -0.15) is 12.6 Å². The van der Waals surface area contributed by atoms with E-state index in [-0.39, 0.29) is 10.7 Å². The summed E-state index contributed by atoms with van der Waals surface area (Å²) in [7, 11) is 0. The minimum Gasteiger partial charge on any atom is -0.479 e. The van der Waals surface area contributed by atoms with Crippen LogP contribution in [0.2, 0.25) is 0 Å². The molecule has 0 aromatic heterocycles. The third kappa shape index (κ3) is 1.70. The molecule has 4 nitrogen and oxygen atoms in total. The molecular formula is C12H13NO3S. The molecule has 1 saturated heterocycles. The van der Waals surface area contributed by atoms with Crippen LogP contribution in [0.1, 0.15) is 12.5 Å². The van der Waals surface area contributed by atoms with Crippen LogP contribution in [0.3, 0.4) is 0 Å². The highest BCUT2D eigenvalue weighted by molar-refractivity contribution is 7.81. The van der Waals surface area contributed by atoms with Gasteiger partial charge in [-0.3, -0.25) is 4.79 Å². The van der Waals surface area contributed by atoms with Crippen LogP contribution in [0.25, 0.3) is 0 Å². The number of fused-ring (bicyclic) bond motifs is 1. The molecule has 1 amide bonds. The third-order valence-corrected chi connectivity index (χ3v) is 3.65. The number of benzene rings is 1. The van der Waals surface area contributed by atoms with Crippen LogP contribution in [0.4, 0.5) is 5.69 Å². The van der Waals surface area contributed by atoms with Gasteiger partial charge in [0, 0.05) is 0 Å². The highest BCUT2D eigenvalue weighted by Gasteiger charge is 2.37. The summed E-state index contributed by atoms with van der Waals surface area (Å²) >= 11 is 4.59. The van der Waals surface area contributed by atoms with Gasteiger partial charge in [0.25, 0.3) is 5.91 Å². The number of nitrogens with one attached hydrogen (secondary N) is 1. The molecule has 0 saturated carbocycles. The number of rotatable bonds is 1. The van der Waals surface area contributed by atoms with Gasteiger partial charge in [0.05, 0.1) is 23.6 Å². The molecule has 1 aromatic rings. The van der Waals surface area contributed by atoms with E-state index in [1.807, 2.05) is 18.2 Å². The van der Waals surface area contributed by atoms with Gasteiger partial charge in [-0.25, -0.2) is 0 Å². The van der Waals surface area contributed by atoms with Gasteiger partial charge >= 0.3 is 0 Å². The Kier molecular flexibility index (Phi) is 2.34. The van der Waals surface area contributed by atoms with Gasteiger partial charge in [-0.1, -0.05) is 6.07 Å². The Morgan fingerprint density at radius 3 is 2.88 bits per heavy atom. The molecule has 90 valence electrons. The number of anilines is 1. The number of carbonyl (C=O) groups excluding carboxylic acids is 1. The fraction of sp³-hybridized carbons (Fsp3) is 0.417. The summed E-state index contributed by atoms with van der Waals surface area (Å²) in [6, 6.07) is 5.75. The summed E-state index contributed by atoms with van der Waals surface area (Å²) in [5.74, 6) is 0.589. The Morgan fingerprint density at radius 1 is 1.47 bits per heavy atom. The molecule has 1 atom stereocenters. The lowest BCUT2D eigenvalue weighted by Crippen LogP contribution is -2.42. The monoisotopic (exact) mass is 251 g/mol. The first-order valence-electron chi connectivity index (χ1n) is 5.51. The maximum absolute atomic E-state index is 11.5. The van der Waals surface area contributed by atoms with Gasteiger partial charge in [-0.05, 0) is 24.6 Å². The van der Waals surface area contributed by atoms with Crippen molar-refractivity contribution in [2.24, 2.45) is 0 Å². The van der Waals surface area contributed by atoms with E-state index in [4.69, 9.17) is 9.47 Å². The summed E-state index contributed by atoms with van der Waals surface area (Å²) in [6.45, 7) is 2.92. The molecule has 2 heterocycles. The van der Waals surface area contributed by atoms with E-state index in [0.717, 1.165) is 5.56 Å². The van der Waals surface area contributed by atoms with Crippen molar-refractivity contribution in [2.75, 3.05) is 18.5 Å². The van der Waals surface area contributed by atoms with E-state index >= 15 is 0 Å². The van der Waals surface area contributed by atoms with E-state index in [9.17, 15) is 4.79 Å². The summed E-state index contributed by atoms with van der Waals surface area (Å²) in [6.07, 6.45) is -0.439. The highest BCUT2D eigenvalue weighted by atomic mass is 32.1. The van der Waals surface area contributed by atoms with Crippen LogP contribution >= 0.6 is 12.6 Å². The molecule has 1 fully saturated rings. The maximum Gasteiger partial charge on any atom is 0.265 e. The van der Waals surface area contributed by atoms with Crippen LogP contribution < -0.4 is 10.1 Å². The molecule has 2 aliphatic heterocycles. The number of amides is 1. The Hall–Kier alpha value is -1.20. The van der Waals surface area contributed by atoms with Gasteiger partial charge in [-0.15, -0.1) is 0 Å². The summed E-state index contributed by atoms with van der Waals surface area (Å²) in [5.41, 5.74) is 1.76. The average molecular weight is 251 g/mol. The van der Waals surface area contributed by atoms with Crippen molar-refractivity contribution in [3.8, 4) is 5.75 Å². The van der Waals surface area contributed by atoms with Crippen molar-refractivity contribution in [1.82, 2.24) is 0 Å². The zero-order chi connectivity index (χ0) is 12.0. The number of hydrogen-bond acceptors (Lipinski definition) is 4. The maximum atomic E-state index is 11.5. The van der Waals surface area contributed by atoms with E-state index in [1.165, 1.54) is 0 Å². The topological polar surface area (TPSA) is 47.6 Å². The summed E-state index contributed by atoms with van der Waals surface area (Å²) in [4.78, 5) is 11.5. The lowest BCUT2D eigenvalue weighted by molar-refractivity contribution is -0.122. The molecule has 5 heteroatoms. The van der Waals surface area contributed by atoms with E-state index in [0.29, 0.717) is 24.7 Å². The first-order chi connectivity index (χ1) is 8.08. The Labute approximate surface area is 105 Å². The van der Waals surface area contributed by atoms with Crippen molar-refractivity contribution < 1.29 is 14.3 Å². The average Bonchev–Trinajstić information content (AvgIpc) is 2.27. The molecule has 0 bridgehead atoms. The van der Waals surface area contributed by atoms with Gasteiger partial charge < -0.3 is 14.8 Å². The molecule has 0 aliphatic carbocycles. The largest absolute Gasteiger partial charge is 0.479 e. The molecule has 2 aliphatic rings. The van der Waals surface area contributed by atoms with E-state index < -0.39 is 6.10 Å². The van der Waals surface area contributed by atoms with E-state index in [2.05, 4.69) is 17.9 Å². The fourth-order valence-electron chi connectivity index (χ4n) is 1.96. The lowest BCUT2D eigenvalue weighted by atomic mass is 9.95. The smallest absolute Gasteiger partial charge is 0.265 e.